The van der Waals surface area contributed by atoms with E-state index in [1.54, 1.807) is 0 Å². The third-order valence-electron chi connectivity index (χ3n) is 16.5. The molecule has 4 heterocycles. The summed E-state index contributed by atoms with van der Waals surface area (Å²) in [6.07, 6.45) is 0. The van der Waals surface area contributed by atoms with Crippen LogP contribution in [0.5, 0.6) is 0 Å². The summed E-state index contributed by atoms with van der Waals surface area (Å²) in [6.45, 7) is 13.5. The number of fused-ring (bicyclic) bond motifs is 12. The molecule has 0 bridgehead atoms. The van der Waals surface area contributed by atoms with Gasteiger partial charge in [0.1, 0.15) is 22.3 Å². The van der Waals surface area contributed by atoms with Gasteiger partial charge in [0.25, 0.3) is 0 Å². The lowest BCUT2D eigenvalue weighted by Gasteiger charge is -2.29. The van der Waals surface area contributed by atoms with Crippen molar-refractivity contribution in [1.82, 2.24) is 0 Å². The molecule has 0 spiro atoms. The summed E-state index contributed by atoms with van der Waals surface area (Å²) in [4.78, 5) is 4.75. The third kappa shape index (κ3) is 6.31. The predicted molar refractivity (Wildman–Crippen MR) is 326 cm³/mol. The SMILES string of the molecule is CC(C)(C)c1cccc2c1oc1c(N(c3ccc4ccc5c(N(c6cccc7c6oc6ccccc67)c6cccc7c6oc6c(C(C)(C)C)cccc67)ccc6ccc3c4c65)c3cccc4c3oc3ccccc34)cccc12. The molecule has 0 atom stereocenters. The van der Waals surface area contributed by atoms with E-state index in [0.717, 1.165) is 154 Å². The average molecular weight is 1010 g/mol. The summed E-state index contributed by atoms with van der Waals surface area (Å²) in [5.74, 6) is 0. The molecule has 16 rings (SSSR count). The van der Waals surface area contributed by atoms with E-state index < -0.39 is 0 Å². The van der Waals surface area contributed by atoms with Crippen LogP contribution in [-0.2, 0) is 10.8 Å². The Bertz CT molecular complexity index is 4820. The second-order valence-electron chi connectivity index (χ2n) is 23.1. The number of para-hydroxylation sites is 8. The van der Waals surface area contributed by atoms with Gasteiger partial charge in [0.15, 0.2) is 22.3 Å². The topological polar surface area (TPSA) is 59.0 Å². The summed E-state index contributed by atoms with van der Waals surface area (Å²) in [7, 11) is 0. The molecule has 0 radical (unpaired) electrons. The van der Waals surface area contributed by atoms with E-state index in [1.165, 1.54) is 11.1 Å². The predicted octanol–water partition coefficient (Wildman–Crippen LogP) is 21.7. The Kier molecular flexibility index (Phi) is 9.18. The maximum Gasteiger partial charge on any atom is 0.159 e. The standard InChI is InChI=1S/C72H52N2O4/c1-71(2,3)53-25-11-19-47-49-23-15-29-59(69(49)77-65(47)53)73(57-27-13-21-45-43-17-7-9-31-61(43)75-67(45)57)55-39-35-41-34-38-52-56(40-36-42-33-37-51(55)63(41)64(42)52)74(58-28-14-22-46-44-18-8-10-32-62(44)76-68(46)58)60-30-16-24-50-48-20-12-26-54(72(4,5)6)66(48)78-70(50)60/h7-40H,1-6H3. The molecule has 374 valence electrons. The minimum atomic E-state index is -0.138. The van der Waals surface area contributed by atoms with Gasteiger partial charge in [0.2, 0.25) is 0 Å². The van der Waals surface area contributed by atoms with Crippen LogP contribution >= 0.6 is 0 Å². The lowest BCUT2D eigenvalue weighted by Crippen LogP contribution is -2.12. The molecule has 4 aromatic heterocycles. The minimum Gasteiger partial charge on any atom is -0.454 e. The van der Waals surface area contributed by atoms with E-state index in [9.17, 15) is 0 Å². The van der Waals surface area contributed by atoms with Gasteiger partial charge in [-0.15, -0.1) is 0 Å². The molecule has 16 aromatic rings. The molecule has 0 amide bonds. The lowest BCUT2D eigenvalue weighted by atomic mass is 9.86. The summed E-state index contributed by atoms with van der Waals surface area (Å²) in [5, 5.41) is 15.4. The molecule has 0 saturated carbocycles. The van der Waals surface area contributed by atoms with Crippen molar-refractivity contribution in [2.24, 2.45) is 0 Å². The molecule has 0 unspecified atom stereocenters. The Morgan fingerprint density at radius 2 is 0.551 bits per heavy atom. The first-order valence-electron chi connectivity index (χ1n) is 27.0. The van der Waals surface area contributed by atoms with E-state index in [4.69, 9.17) is 17.7 Å². The molecule has 0 saturated heterocycles. The Balaban J connectivity index is 0.993. The summed E-state index contributed by atoms with van der Waals surface area (Å²) < 4.78 is 28.3. The van der Waals surface area contributed by atoms with Gasteiger partial charge >= 0.3 is 0 Å². The van der Waals surface area contributed by atoms with E-state index in [2.05, 4.69) is 245 Å². The number of benzene rings is 12. The van der Waals surface area contributed by atoms with Crippen molar-refractivity contribution < 1.29 is 17.7 Å². The van der Waals surface area contributed by atoms with Crippen LogP contribution < -0.4 is 9.80 Å². The fraction of sp³-hybridized carbons (Fsp3) is 0.111. The number of hydrogen-bond donors (Lipinski definition) is 0. The summed E-state index contributed by atoms with van der Waals surface area (Å²) in [6, 6.07) is 74.1. The molecule has 78 heavy (non-hydrogen) atoms. The Labute approximate surface area is 449 Å². The van der Waals surface area contributed by atoms with Crippen LogP contribution in [0, 0.1) is 0 Å². The maximum absolute atomic E-state index is 7.22. The second kappa shape index (κ2) is 16.0. The molecule has 0 fully saturated rings. The largest absolute Gasteiger partial charge is 0.454 e. The Morgan fingerprint density at radius 3 is 0.936 bits per heavy atom. The van der Waals surface area contributed by atoms with Gasteiger partial charge in [-0.25, -0.2) is 0 Å². The van der Waals surface area contributed by atoms with Crippen molar-refractivity contribution in [2.75, 3.05) is 9.80 Å². The molecule has 0 N–H and O–H groups in total. The maximum atomic E-state index is 7.22. The van der Waals surface area contributed by atoms with Crippen LogP contribution in [0.25, 0.3) is 120 Å². The zero-order valence-corrected chi connectivity index (χ0v) is 44.2. The van der Waals surface area contributed by atoms with Crippen LogP contribution in [0.1, 0.15) is 52.7 Å². The van der Waals surface area contributed by atoms with Crippen LogP contribution in [-0.4, -0.2) is 0 Å². The van der Waals surface area contributed by atoms with Crippen LogP contribution in [0.3, 0.4) is 0 Å². The van der Waals surface area contributed by atoms with Gasteiger partial charge in [-0.1, -0.05) is 199 Å². The van der Waals surface area contributed by atoms with Gasteiger partial charge in [-0.2, -0.15) is 0 Å². The fourth-order valence-electron chi connectivity index (χ4n) is 12.9. The number of rotatable bonds is 6. The molecule has 0 aliphatic carbocycles. The molecule has 12 aromatic carbocycles. The Morgan fingerprint density at radius 1 is 0.244 bits per heavy atom. The minimum absolute atomic E-state index is 0.138. The number of hydrogen-bond acceptors (Lipinski definition) is 6. The number of furan rings is 4. The zero-order valence-electron chi connectivity index (χ0n) is 44.2. The van der Waals surface area contributed by atoms with Gasteiger partial charge in [0.05, 0.1) is 34.1 Å². The quantitative estimate of drug-likeness (QED) is 0.155. The first-order chi connectivity index (χ1) is 38.0. The van der Waals surface area contributed by atoms with Crippen LogP contribution in [0.2, 0.25) is 0 Å². The third-order valence-corrected chi connectivity index (χ3v) is 16.5. The highest BCUT2D eigenvalue weighted by atomic mass is 16.3. The molecule has 0 aliphatic rings. The number of nitrogens with zero attached hydrogens (tertiary/aromatic N) is 2. The highest BCUT2D eigenvalue weighted by Gasteiger charge is 2.30. The fourth-order valence-corrected chi connectivity index (χ4v) is 12.9. The lowest BCUT2D eigenvalue weighted by molar-refractivity contribution is 0.572. The monoisotopic (exact) mass is 1010 g/mol. The molecule has 0 aliphatic heterocycles. The van der Waals surface area contributed by atoms with E-state index in [-0.39, 0.29) is 10.8 Å². The molecule has 6 heteroatoms. The van der Waals surface area contributed by atoms with Crippen molar-refractivity contribution in [3.63, 3.8) is 0 Å². The van der Waals surface area contributed by atoms with Crippen molar-refractivity contribution in [1.29, 1.82) is 0 Å². The van der Waals surface area contributed by atoms with Crippen molar-refractivity contribution >= 4 is 154 Å². The van der Waals surface area contributed by atoms with Crippen LogP contribution in [0.15, 0.2) is 224 Å². The second-order valence-corrected chi connectivity index (χ2v) is 23.1. The van der Waals surface area contributed by atoms with Crippen molar-refractivity contribution in [3.8, 4) is 0 Å². The molecule has 6 nitrogen and oxygen atoms in total. The first kappa shape index (κ1) is 44.7. The van der Waals surface area contributed by atoms with Gasteiger partial charge in [-0.05, 0) is 80.9 Å². The van der Waals surface area contributed by atoms with Gasteiger partial charge in [0, 0.05) is 65.0 Å². The molecular weight excluding hydrogens is 957 g/mol. The van der Waals surface area contributed by atoms with Crippen molar-refractivity contribution in [3.05, 3.63) is 217 Å². The highest BCUT2D eigenvalue weighted by Crippen LogP contribution is 2.53. The summed E-state index contributed by atoms with van der Waals surface area (Å²) in [5.41, 5.74) is 14.5. The van der Waals surface area contributed by atoms with Crippen molar-refractivity contribution in [2.45, 2.75) is 52.4 Å². The van der Waals surface area contributed by atoms with E-state index >= 15 is 0 Å². The highest BCUT2D eigenvalue weighted by molar-refractivity contribution is 6.29. The first-order valence-corrected chi connectivity index (χ1v) is 27.0. The Hall–Kier alpha value is -9.52. The van der Waals surface area contributed by atoms with Crippen LogP contribution in [0.4, 0.5) is 34.1 Å². The average Bonchev–Trinajstić information content (AvgIpc) is 3.99. The zero-order chi connectivity index (χ0) is 52.3. The molecular formula is C72H52N2O4. The number of anilines is 6. The smallest absolute Gasteiger partial charge is 0.159 e. The normalized spacial score (nSPS) is 12.7. The van der Waals surface area contributed by atoms with Gasteiger partial charge < -0.3 is 27.5 Å². The van der Waals surface area contributed by atoms with Gasteiger partial charge in [-0.3, -0.25) is 0 Å². The van der Waals surface area contributed by atoms with E-state index in [1.807, 2.05) is 12.1 Å². The van der Waals surface area contributed by atoms with E-state index in [0.29, 0.717) is 0 Å². The summed E-state index contributed by atoms with van der Waals surface area (Å²) >= 11 is 0.